The fraction of sp³-hybridized carbons (Fsp3) is 0. The summed E-state index contributed by atoms with van der Waals surface area (Å²) in [6.45, 7) is 0. The van der Waals surface area contributed by atoms with Gasteiger partial charge in [-0.15, -0.1) is 0 Å². The van der Waals surface area contributed by atoms with Gasteiger partial charge >= 0.3 is 0 Å². The van der Waals surface area contributed by atoms with Gasteiger partial charge in [-0.25, -0.2) is 0 Å². The zero-order valence-electron chi connectivity index (χ0n) is 14.5. The predicted octanol–water partition coefficient (Wildman–Crippen LogP) is 5.28. The summed E-state index contributed by atoms with van der Waals surface area (Å²) in [6.07, 6.45) is 0. The van der Waals surface area contributed by atoms with Gasteiger partial charge < -0.3 is 19.0 Å². The summed E-state index contributed by atoms with van der Waals surface area (Å²) in [5, 5.41) is 20.6. The van der Waals surface area contributed by atoms with Crippen LogP contribution in [0.1, 0.15) is 0 Å². The van der Waals surface area contributed by atoms with Gasteiger partial charge in [-0.3, -0.25) is 4.79 Å². The molecule has 2 heterocycles. The van der Waals surface area contributed by atoms with E-state index in [9.17, 15) is 15.0 Å². The number of hydrogen-bond acceptors (Lipinski definition) is 5. The van der Waals surface area contributed by atoms with Crippen LogP contribution in [0.4, 0.5) is 0 Å². The molecule has 0 amide bonds. The van der Waals surface area contributed by atoms with Crippen LogP contribution in [0.3, 0.4) is 0 Å². The SMILES string of the molecule is O=c1cc2oc(-c3ccc(O)cc3)cc3cc(-c4ccc(O)cc4)oc(c1)c32. The number of phenols is 2. The lowest BCUT2D eigenvalue weighted by Gasteiger charge is -2.10. The third-order valence-corrected chi connectivity index (χ3v) is 4.64. The molecule has 0 aliphatic rings. The maximum Gasteiger partial charge on any atom is 0.186 e. The molecule has 0 aliphatic heterocycles. The van der Waals surface area contributed by atoms with Crippen molar-refractivity contribution in [3.8, 4) is 34.1 Å². The minimum atomic E-state index is -0.216. The first-order chi connectivity index (χ1) is 13.6. The highest BCUT2D eigenvalue weighted by Gasteiger charge is 2.14. The highest BCUT2D eigenvalue weighted by Crippen LogP contribution is 2.35. The summed E-state index contributed by atoms with van der Waals surface area (Å²) in [6, 6.07) is 20.0. The first-order valence-corrected chi connectivity index (χ1v) is 8.67. The number of hydrogen-bond donors (Lipinski definition) is 2. The largest absolute Gasteiger partial charge is 0.508 e. The zero-order chi connectivity index (χ0) is 19.3. The quantitative estimate of drug-likeness (QED) is 0.441. The molecular formula is C23H14O5. The normalized spacial score (nSPS) is 11.3. The lowest BCUT2D eigenvalue weighted by atomic mass is 10.0. The van der Waals surface area contributed by atoms with Gasteiger partial charge in [-0.1, -0.05) is 0 Å². The smallest absolute Gasteiger partial charge is 0.186 e. The van der Waals surface area contributed by atoms with Crippen LogP contribution in [0.5, 0.6) is 11.5 Å². The van der Waals surface area contributed by atoms with Gasteiger partial charge in [-0.05, 0) is 66.0 Å². The van der Waals surface area contributed by atoms with Gasteiger partial charge in [0.05, 0.1) is 5.39 Å². The molecule has 0 radical (unpaired) electrons. The van der Waals surface area contributed by atoms with E-state index in [4.69, 9.17) is 8.83 Å². The Morgan fingerprint density at radius 1 is 0.607 bits per heavy atom. The zero-order valence-corrected chi connectivity index (χ0v) is 14.5. The summed E-state index contributed by atoms with van der Waals surface area (Å²) >= 11 is 0. The second-order valence-electron chi connectivity index (χ2n) is 6.56. The highest BCUT2D eigenvalue weighted by atomic mass is 16.3. The van der Waals surface area contributed by atoms with Crippen molar-refractivity contribution in [1.82, 2.24) is 0 Å². The number of phenolic OH excluding ortho intramolecular Hbond substituents is 2. The summed E-state index contributed by atoms with van der Waals surface area (Å²) in [4.78, 5) is 12.2. The van der Waals surface area contributed by atoms with Gasteiger partial charge in [-0.2, -0.15) is 0 Å². The van der Waals surface area contributed by atoms with Crippen molar-refractivity contribution in [2.75, 3.05) is 0 Å². The van der Waals surface area contributed by atoms with E-state index in [1.165, 1.54) is 12.1 Å². The van der Waals surface area contributed by atoms with Crippen LogP contribution >= 0.6 is 0 Å². The number of rotatable bonds is 2. The van der Waals surface area contributed by atoms with E-state index in [1.54, 1.807) is 48.5 Å². The molecule has 0 spiro atoms. The topological polar surface area (TPSA) is 83.8 Å². The molecule has 3 aromatic carbocycles. The molecule has 0 unspecified atom stereocenters. The lowest BCUT2D eigenvalue weighted by molar-refractivity contribution is 0.475. The van der Waals surface area contributed by atoms with Crippen LogP contribution in [0, 0.1) is 0 Å². The van der Waals surface area contributed by atoms with Crippen molar-refractivity contribution in [1.29, 1.82) is 0 Å². The Morgan fingerprint density at radius 2 is 1.04 bits per heavy atom. The Balaban J connectivity index is 1.81. The molecule has 0 aliphatic carbocycles. The third-order valence-electron chi connectivity index (χ3n) is 4.64. The molecule has 5 rings (SSSR count). The second kappa shape index (κ2) is 6.03. The fourth-order valence-electron chi connectivity index (χ4n) is 3.31. The summed E-state index contributed by atoms with van der Waals surface area (Å²) in [5.41, 5.74) is 2.21. The molecule has 136 valence electrons. The first-order valence-electron chi connectivity index (χ1n) is 8.67. The van der Waals surface area contributed by atoms with Crippen LogP contribution in [-0.2, 0) is 0 Å². The number of benzene rings is 3. The van der Waals surface area contributed by atoms with Gasteiger partial charge in [0.1, 0.15) is 34.2 Å². The minimum absolute atomic E-state index is 0.165. The van der Waals surface area contributed by atoms with Crippen molar-refractivity contribution in [2.24, 2.45) is 0 Å². The average molecular weight is 370 g/mol. The van der Waals surface area contributed by atoms with Gasteiger partial charge in [0.25, 0.3) is 0 Å². The molecule has 0 atom stereocenters. The van der Waals surface area contributed by atoms with Gasteiger partial charge in [0.15, 0.2) is 5.43 Å². The van der Waals surface area contributed by atoms with Crippen LogP contribution in [-0.4, -0.2) is 10.2 Å². The Hall–Kier alpha value is -3.99. The molecule has 0 bridgehead atoms. The van der Waals surface area contributed by atoms with E-state index >= 15 is 0 Å². The third kappa shape index (κ3) is 2.70. The van der Waals surface area contributed by atoms with E-state index in [1.807, 2.05) is 12.1 Å². The Morgan fingerprint density at radius 3 is 1.46 bits per heavy atom. The molecule has 5 aromatic rings. The average Bonchev–Trinajstić information content (AvgIpc) is 2.68. The monoisotopic (exact) mass is 370 g/mol. The molecular weight excluding hydrogens is 356 g/mol. The van der Waals surface area contributed by atoms with Crippen molar-refractivity contribution in [2.45, 2.75) is 0 Å². The van der Waals surface area contributed by atoms with Crippen LogP contribution < -0.4 is 5.43 Å². The van der Waals surface area contributed by atoms with Crippen molar-refractivity contribution < 1.29 is 19.0 Å². The van der Waals surface area contributed by atoms with Crippen LogP contribution in [0.2, 0.25) is 0 Å². The van der Waals surface area contributed by atoms with E-state index in [-0.39, 0.29) is 16.9 Å². The molecule has 5 heteroatoms. The molecule has 28 heavy (non-hydrogen) atoms. The van der Waals surface area contributed by atoms with E-state index in [2.05, 4.69) is 0 Å². The maximum atomic E-state index is 12.2. The van der Waals surface area contributed by atoms with E-state index < -0.39 is 0 Å². The lowest BCUT2D eigenvalue weighted by Crippen LogP contribution is -1.97. The van der Waals surface area contributed by atoms with Crippen LogP contribution in [0.25, 0.3) is 44.6 Å². The van der Waals surface area contributed by atoms with Gasteiger partial charge in [0.2, 0.25) is 0 Å². The second-order valence-corrected chi connectivity index (χ2v) is 6.56. The molecule has 2 aromatic heterocycles. The van der Waals surface area contributed by atoms with E-state index in [0.717, 1.165) is 21.9 Å². The summed E-state index contributed by atoms with van der Waals surface area (Å²) in [5.74, 6) is 1.47. The fourth-order valence-corrected chi connectivity index (χ4v) is 3.31. The molecule has 0 saturated heterocycles. The molecule has 0 fully saturated rings. The van der Waals surface area contributed by atoms with Crippen molar-refractivity contribution >= 4 is 21.9 Å². The standard InChI is InChI=1S/C23H14O5/c24-16-5-1-13(2-6-16)19-9-15-10-20(14-3-7-17(25)8-4-14)28-22-12-18(26)11-21(27-19)23(15)22/h1-12,24-25H. The summed E-state index contributed by atoms with van der Waals surface area (Å²) < 4.78 is 11.9. The predicted molar refractivity (Wildman–Crippen MR) is 106 cm³/mol. The van der Waals surface area contributed by atoms with Crippen molar-refractivity contribution in [3.63, 3.8) is 0 Å². The number of aromatic hydroxyl groups is 2. The highest BCUT2D eigenvalue weighted by molar-refractivity contribution is 6.07. The van der Waals surface area contributed by atoms with E-state index in [0.29, 0.717) is 22.7 Å². The van der Waals surface area contributed by atoms with Crippen molar-refractivity contribution in [3.05, 3.63) is 83.0 Å². The van der Waals surface area contributed by atoms with Gasteiger partial charge in [0, 0.05) is 23.3 Å². The summed E-state index contributed by atoms with van der Waals surface area (Å²) in [7, 11) is 0. The Labute approximate surface area is 158 Å². The molecule has 5 nitrogen and oxygen atoms in total. The Kier molecular flexibility index (Phi) is 3.49. The first kappa shape index (κ1) is 16.2. The molecule has 2 N–H and O–H groups in total. The Bertz CT molecular complexity index is 1270. The molecule has 0 saturated carbocycles. The minimum Gasteiger partial charge on any atom is -0.508 e. The van der Waals surface area contributed by atoms with Crippen LogP contribution in [0.15, 0.2) is 86.4 Å². The maximum absolute atomic E-state index is 12.2.